The van der Waals surface area contributed by atoms with Crippen molar-refractivity contribution in [3.8, 4) is 0 Å². The summed E-state index contributed by atoms with van der Waals surface area (Å²) >= 11 is 5.92. The molecule has 0 aromatic heterocycles. The van der Waals surface area contributed by atoms with E-state index in [4.69, 9.17) is 16.3 Å². The van der Waals surface area contributed by atoms with Crippen LogP contribution in [0.3, 0.4) is 0 Å². The van der Waals surface area contributed by atoms with E-state index in [0.29, 0.717) is 11.6 Å². The van der Waals surface area contributed by atoms with E-state index >= 15 is 0 Å². The summed E-state index contributed by atoms with van der Waals surface area (Å²) < 4.78 is 19.4. The molecule has 1 atom stereocenters. The van der Waals surface area contributed by atoms with E-state index in [1.54, 1.807) is 6.07 Å². The van der Waals surface area contributed by atoms with Crippen LogP contribution in [0.25, 0.3) is 0 Å². The summed E-state index contributed by atoms with van der Waals surface area (Å²) in [5, 5.41) is 3.82. The number of halogens is 2. The summed E-state index contributed by atoms with van der Waals surface area (Å²) in [4.78, 5) is 0. The molecular formula is C14H17ClFNO. The molecule has 0 aliphatic carbocycles. The summed E-state index contributed by atoms with van der Waals surface area (Å²) in [7, 11) is 0. The van der Waals surface area contributed by atoms with Crippen LogP contribution in [0, 0.1) is 5.82 Å². The molecule has 2 aliphatic heterocycles. The van der Waals surface area contributed by atoms with Crippen LogP contribution < -0.4 is 5.32 Å². The Morgan fingerprint density at radius 3 is 2.78 bits per heavy atom. The average Bonchev–Trinajstić information content (AvgIpc) is 2.73. The molecule has 18 heavy (non-hydrogen) atoms. The van der Waals surface area contributed by atoms with Gasteiger partial charge >= 0.3 is 0 Å². The largest absolute Gasteiger partial charge is 0.374 e. The molecule has 1 aromatic carbocycles. The van der Waals surface area contributed by atoms with Gasteiger partial charge in [0, 0.05) is 10.9 Å². The maximum absolute atomic E-state index is 13.4. The van der Waals surface area contributed by atoms with Gasteiger partial charge in [-0.05, 0) is 56.1 Å². The summed E-state index contributed by atoms with van der Waals surface area (Å²) in [6.07, 6.45) is 3.08. The van der Waals surface area contributed by atoms with Crippen molar-refractivity contribution in [3.63, 3.8) is 0 Å². The van der Waals surface area contributed by atoms with E-state index in [0.717, 1.165) is 37.9 Å². The van der Waals surface area contributed by atoms with Gasteiger partial charge in [0.15, 0.2) is 0 Å². The summed E-state index contributed by atoms with van der Waals surface area (Å²) in [5.74, 6) is 0.0139. The van der Waals surface area contributed by atoms with Crippen LogP contribution in [-0.2, 0) is 4.74 Å². The van der Waals surface area contributed by atoms with Crippen LogP contribution in [0.1, 0.15) is 30.7 Å². The molecule has 2 fully saturated rings. The molecule has 2 heterocycles. The standard InChI is InChI=1S/C14H17ClFNO/c15-12-5-10(6-13(16)7-12)11-8-14(18-9-11)1-3-17-4-2-14/h5-7,11,17H,1-4,8-9H2. The highest BCUT2D eigenvalue weighted by atomic mass is 35.5. The van der Waals surface area contributed by atoms with Crippen molar-refractivity contribution in [1.29, 1.82) is 0 Å². The van der Waals surface area contributed by atoms with E-state index in [-0.39, 0.29) is 17.3 Å². The molecule has 2 aliphatic rings. The normalized spacial score (nSPS) is 26.7. The maximum Gasteiger partial charge on any atom is 0.124 e. The quantitative estimate of drug-likeness (QED) is 0.846. The third-order valence-electron chi connectivity index (χ3n) is 4.08. The van der Waals surface area contributed by atoms with Gasteiger partial charge in [0.1, 0.15) is 5.82 Å². The van der Waals surface area contributed by atoms with Crippen LogP contribution >= 0.6 is 11.6 Å². The first-order valence-corrected chi connectivity index (χ1v) is 6.85. The van der Waals surface area contributed by atoms with Crippen LogP contribution in [0.15, 0.2) is 18.2 Å². The third kappa shape index (κ3) is 2.40. The summed E-state index contributed by atoms with van der Waals surface area (Å²) in [6.45, 7) is 2.70. The minimum absolute atomic E-state index is 0.00864. The van der Waals surface area contributed by atoms with Crippen molar-refractivity contribution in [2.75, 3.05) is 19.7 Å². The molecule has 1 aromatic rings. The zero-order valence-corrected chi connectivity index (χ0v) is 11.0. The van der Waals surface area contributed by atoms with Crippen molar-refractivity contribution in [2.24, 2.45) is 0 Å². The zero-order valence-electron chi connectivity index (χ0n) is 10.2. The molecule has 98 valence electrons. The van der Waals surface area contributed by atoms with Gasteiger partial charge in [0.05, 0.1) is 12.2 Å². The maximum atomic E-state index is 13.4. The van der Waals surface area contributed by atoms with Crippen molar-refractivity contribution >= 4 is 11.6 Å². The molecular weight excluding hydrogens is 253 g/mol. The summed E-state index contributed by atoms with van der Waals surface area (Å²) in [6, 6.07) is 4.79. The highest BCUT2D eigenvalue weighted by Crippen LogP contribution is 2.42. The Morgan fingerprint density at radius 1 is 1.28 bits per heavy atom. The second-order valence-corrected chi connectivity index (χ2v) is 5.78. The van der Waals surface area contributed by atoms with Gasteiger partial charge in [-0.3, -0.25) is 0 Å². The van der Waals surface area contributed by atoms with E-state index in [1.165, 1.54) is 6.07 Å². The van der Waals surface area contributed by atoms with Crippen LogP contribution in [-0.4, -0.2) is 25.3 Å². The van der Waals surface area contributed by atoms with Gasteiger partial charge in [-0.25, -0.2) is 4.39 Å². The zero-order chi connectivity index (χ0) is 12.6. The lowest BCUT2D eigenvalue weighted by Gasteiger charge is -2.33. The molecule has 4 heteroatoms. The Morgan fingerprint density at radius 2 is 2.06 bits per heavy atom. The van der Waals surface area contributed by atoms with Gasteiger partial charge in [-0.15, -0.1) is 0 Å². The molecule has 1 spiro atoms. The number of benzene rings is 1. The highest BCUT2D eigenvalue weighted by Gasteiger charge is 2.41. The van der Waals surface area contributed by atoms with E-state index in [1.807, 2.05) is 6.07 Å². The van der Waals surface area contributed by atoms with Gasteiger partial charge in [0.2, 0.25) is 0 Å². The molecule has 0 saturated carbocycles. The Labute approximate surface area is 111 Å². The number of ether oxygens (including phenoxy) is 1. The molecule has 2 nitrogen and oxygen atoms in total. The van der Waals surface area contributed by atoms with E-state index in [2.05, 4.69) is 5.32 Å². The summed E-state index contributed by atoms with van der Waals surface area (Å²) in [5.41, 5.74) is 0.977. The average molecular weight is 270 g/mol. The van der Waals surface area contributed by atoms with Crippen molar-refractivity contribution in [1.82, 2.24) is 5.32 Å². The molecule has 3 rings (SSSR count). The number of nitrogens with one attached hydrogen (secondary N) is 1. The van der Waals surface area contributed by atoms with Gasteiger partial charge < -0.3 is 10.1 Å². The third-order valence-corrected chi connectivity index (χ3v) is 4.30. The predicted octanol–water partition coefficient (Wildman–Crippen LogP) is 3.11. The lowest BCUT2D eigenvalue weighted by Crippen LogP contribution is -2.41. The first-order valence-electron chi connectivity index (χ1n) is 6.48. The lowest BCUT2D eigenvalue weighted by atomic mass is 9.84. The molecule has 0 bridgehead atoms. The number of piperidine rings is 1. The van der Waals surface area contributed by atoms with E-state index < -0.39 is 0 Å². The van der Waals surface area contributed by atoms with Gasteiger partial charge in [-0.1, -0.05) is 11.6 Å². The molecule has 1 N–H and O–H groups in total. The molecule has 1 unspecified atom stereocenters. The van der Waals surface area contributed by atoms with Crippen molar-refractivity contribution in [3.05, 3.63) is 34.6 Å². The van der Waals surface area contributed by atoms with Crippen molar-refractivity contribution in [2.45, 2.75) is 30.8 Å². The number of hydrogen-bond donors (Lipinski definition) is 1. The fourth-order valence-corrected chi connectivity index (χ4v) is 3.33. The number of hydrogen-bond acceptors (Lipinski definition) is 2. The second kappa shape index (κ2) is 4.80. The predicted molar refractivity (Wildman–Crippen MR) is 69.6 cm³/mol. The Kier molecular flexibility index (Phi) is 3.31. The minimum atomic E-state index is -0.260. The first-order chi connectivity index (χ1) is 8.67. The SMILES string of the molecule is Fc1cc(Cl)cc(C2COC3(CCNCC3)C2)c1. The van der Waals surface area contributed by atoms with Crippen LogP contribution in [0.5, 0.6) is 0 Å². The Balaban J connectivity index is 1.78. The second-order valence-electron chi connectivity index (χ2n) is 5.35. The minimum Gasteiger partial charge on any atom is -0.374 e. The fraction of sp³-hybridized carbons (Fsp3) is 0.571. The van der Waals surface area contributed by atoms with Gasteiger partial charge in [-0.2, -0.15) is 0 Å². The smallest absolute Gasteiger partial charge is 0.124 e. The highest BCUT2D eigenvalue weighted by molar-refractivity contribution is 6.30. The lowest BCUT2D eigenvalue weighted by molar-refractivity contribution is -0.0193. The Hall–Kier alpha value is -0.640. The Bertz CT molecular complexity index is 425. The molecule has 0 radical (unpaired) electrons. The monoisotopic (exact) mass is 269 g/mol. The topological polar surface area (TPSA) is 21.3 Å². The van der Waals surface area contributed by atoms with Gasteiger partial charge in [0.25, 0.3) is 0 Å². The van der Waals surface area contributed by atoms with Crippen molar-refractivity contribution < 1.29 is 9.13 Å². The van der Waals surface area contributed by atoms with E-state index in [9.17, 15) is 4.39 Å². The molecule has 2 saturated heterocycles. The molecule has 0 amide bonds. The van der Waals surface area contributed by atoms with Crippen LogP contribution in [0.4, 0.5) is 4.39 Å². The fourth-order valence-electron chi connectivity index (χ4n) is 3.10. The first kappa shape index (κ1) is 12.4. The van der Waals surface area contributed by atoms with Crippen LogP contribution in [0.2, 0.25) is 5.02 Å². The number of rotatable bonds is 1.